The van der Waals surface area contributed by atoms with Gasteiger partial charge in [0.2, 0.25) is 0 Å². The molecule has 0 aliphatic heterocycles. The van der Waals surface area contributed by atoms with Gasteiger partial charge in [-0.2, -0.15) is 0 Å². The van der Waals surface area contributed by atoms with Gasteiger partial charge in [-0.25, -0.2) is 8.78 Å². The van der Waals surface area contributed by atoms with Crippen LogP contribution in [0.5, 0.6) is 5.75 Å². The molecule has 1 fully saturated rings. The number of nitrogens with two attached hydrogens (primary N) is 1. The van der Waals surface area contributed by atoms with E-state index in [1.165, 1.54) is 20.1 Å². The summed E-state index contributed by atoms with van der Waals surface area (Å²) >= 11 is 0. The van der Waals surface area contributed by atoms with Gasteiger partial charge in [-0.3, -0.25) is 0 Å². The molecule has 0 radical (unpaired) electrons. The van der Waals surface area contributed by atoms with Gasteiger partial charge in [0.1, 0.15) is 6.17 Å². The molecule has 0 bridgehead atoms. The minimum Gasteiger partial charge on any atom is -0.493 e. The van der Waals surface area contributed by atoms with E-state index < -0.39 is 12.0 Å². The highest BCUT2D eigenvalue weighted by Crippen LogP contribution is 2.45. The molecule has 1 atom stereocenters. The van der Waals surface area contributed by atoms with Crippen molar-refractivity contribution in [3.05, 3.63) is 29.1 Å². The average molecular weight is 269 g/mol. The Balaban J connectivity index is 2.58. The first-order valence-electron chi connectivity index (χ1n) is 6.76. The number of ether oxygens (including phenoxy) is 1. The summed E-state index contributed by atoms with van der Waals surface area (Å²) in [6.07, 6.45) is 2.75. The fourth-order valence-corrected chi connectivity index (χ4v) is 3.08. The zero-order valence-corrected chi connectivity index (χ0v) is 11.5. The maximum atomic E-state index is 14.1. The SMILES string of the molecule is COc1c(F)cc(C(C)F)cc1C1(CN)CCCC1. The number of halogens is 2. The van der Waals surface area contributed by atoms with Crippen LogP contribution in [-0.4, -0.2) is 13.7 Å². The van der Waals surface area contributed by atoms with Crippen molar-refractivity contribution in [1.82, 2.24) is 0 Å². The lowest BCUT2D eigenvalue weighted by atomic mass is 9.77. The lowest BCUT2D eigenvalue weighted by Gasteiger charge is -2.30. The first-order valence-corrected chi connectivity index (χ1v) is 6.76. The van der Waals surface area contributed by atoms with E-state index in [1.54, 1.807) is 6.07 Å². The summed E-state index contributed by atoms with van der Waals surface area (Å²) in [5.41, 5.74) is 6.75. The van der Waals surface area contributed by atoms with Crippen LogP contribution in [0.15, 0.2) is 12.1 Å². The van der Waals surface area contributed by atoms with Gasteiger partial charge in [-0.05, 0) is 37.5 Å². The summed E-state index contributed by atoms with van der Waals surface area (Å²) in [5, 5.41) is 0. The summed E-state index contributed by atoms with van der Waals surface area (Å²) in [5.74, 6) is -0.282. The molecular weight excluding hydrogens is 248 g/mol. The van der Waals surface area contributed by atoms with Crippen molar-refractivity contribution in [3.63, 3.8) is 0 Å². The van der Waals surface area contributed by atoms with Gasteiger partial charge in [-0.15, -0.1) is 0 Å². The molecule has 2 nitrogen and oxygen atoms in total. The standard InChI is InChI=1S/C15H21F2NO/c1-10(16)11-7-12(14(19-2)13(17)8-11)15(9-18)5-3-4-6-15/h7-8,10H,3-6,9,18H2,1-2H3. The zero-order chi connectivity index (χ0) is 14.0. The monoisotopic (exact) mass is 269 g/mol. The second-order valence-corrected chi connectivity index (χ2v) is 5.39. The van der Waals surface area contributed by atoms with Crippen molar-refractivity contribution in [1.29, 1.82) is 0 Å². The summed E-state index contributed by atoms with van der Waals surface area (Å²) in [6, 6.07) is 2.94. The van der Waals surface area contributed by atoms with E-state index in [4.69, 9.17) is 10.5 Å². The summed E-state index contributed by atoms with van der Waals surface area (Å²) < 4.78 is 32.8. The molecule has 0 aromatic heterocycles. The van der Waals surface area contributed by atoms with Crippen LogP contribution in [0.3, 0.4) is 0 Å². The minimum absolute atomic E-state index is 0.219. The lowest BCUT2D eigenvalue weighted by molar-refractivity contribution is 0.346. The van der Waals surface area contributed by atoms with Gasteiger partial charge in [0, 0.05) is 17.5 Å². The predicted molar refractivity (Wildman–Crippen MR) is 71.7 cm³/mol. The summed E-state index contributed by atoms with van der Waals surface area (Å²) in [4.78, 5) is 0. The Morgan fingerprint density at radius 3 is 2.47 bits per heavy atom. The third kappa shape index (κ3) is 2.46. The summed E-state index contributed by atoms with van der Waals surface area (Å²) in [6.45, 7) is 1.85. The van der Waals surface area contributed by atoms with E-state index in [0.29, 0.717) is 12.1 Å². The molecule has 0 amide bonds. The Kier molecular flexibility index (Phi) is 4.09. The third-order valence-electron chi connectivity index (χ3n) is 4.25. The highest BCUT2D eigenvalue weighted by molar-refractivity contribution is 5.45. The quantitative estimate of drug-likeness (QED) is 0.905. The molecule has 2 rings (SSSR count). The smallest absolute Gasteiger partial charge is 0.165 e. The largest absolute Gasteiger partial charge is 0.493 e. The van der Waals surface area contributed by atoms with Crippen molar-refractivity contribution in [3.8, 4) is 5.75 Å². The molecule has 0 heterocycles. The fourth-order valence-electron chi connectivity index (χ4n) is 3.08. The van der Waals surface area contributed by atoms with Crippen molar-refractivity contribution in [2.45, 2.75) is 44.2 Å². The molecule has 1 aliphatic carbocycles. The zero-order valence-electron chi connectivity index (χ0n) is 11.5. The number of hydrogen-bond donors (Lipinski definition) is 1. The molecule has 106 valence electrons. The molecule has 2 N–H and O–H groups in total. The summed E-state index contributed by atoms with van der Waals surface area (Å²) in [7, 11) is 1.44. The van der Waals surface area contributed by atoms with Crippen molar-refractivity contribution >= 4 is 0 Å². The number of benzene rings is 1. The second kappa shape index (κ2) is 5.45. The number of alkyl halides is 1. The highest BCUT2D eigenvalue weighted by atomic mass is 19.1. The highest BCUT2D eigenvalue weighted by Gasteiger charge is 2.38. The van der Waals surface area contributed by atoms with E-state index in [1.807, 2.05) is 0 Å². The van der Waals surface area contributed by atoms with Crippen molar-refractivity contribution in [2.24, 2.45) is 5.73 Å². The van der Waals surface area contributed by atoms with E-state index in [0.717, 1.165) is 31.2 Å². The van der Waals surface area contributed by atoms with E-state index in [-0.39, 0.29) is 11.2 Å². The number of hydrogen-bond acceptors (Lipinski definition) is 2. The number of methoxy groups -OCH3 is 1. The molecule has 0 spiro atoms. The van der Waals surface area contributed by atoms with Crippen LogP contribution in [0.4, 0.5) is 8.78 Å². The van der Waals surface area contributed by atoms with Crippen LogP contribution < -0.4 is 10.5 Å². The Bertz CT molecular complexity index is 454. The maximum absolute atomic E-state index is 14.1. The Hall–Kier alpha value is -1.16. The fraction of sp³-hybridized carbons (Fsp3) is 0.600. The van der Waals surface area contributed by atoms with Crippen LogP contribution in [-0.2, 0) is 5.41 Å². The number of rotatable bonds is 4. The van der Waals surface area contributed by atoms with Gasteiger partial charge in [0.25, 0.3) is 0 Å². The molecule has 19 heavy (non-hydrogen) atoms. The first-order chi connectivity index (χ1) is 9.04. The normalized spacial score (nSPS) is 19.4. The Labute approximate surface area is 112 Å². The van der Waals surface area contributed by atoms with Gasteiger partial charge < -0.3 is 10.5 Å². The second-order valence-electron chi connectivity index (χ2n) is 5.39. The van der Waals surface area contributed by atoms with E-state index in [9.17, 15) is 8.78 Å². The molecular formula is C15H21F2NO. The molecule has 0 saturated heterocycles. The van der Waals surface area contributed by atoms with E-state index in [2.05, 4.69) is 0 Å². The Morgan fingerprint density at radius 2 is 2.00 bits per heavy atom. The van der Waals surface area contributed by atoms with Gasteiger partial charge in [0.05, 0.1) is 7.11 Å². The van der Waals surface area contributed by atoms with Crippen LogP contribution >= 0.6 is 0 Å². The van der Waals surface area contributed by atoms with Gasteiger partial charge in [0.15, 0.2) is 11.6 Å². The maximum Gasteiger partial charge on any atom is 0.165 e. The van der Waals surface area contributed by atoms with Gasteiger partial charge in [-0.1, -0.05) is 12.8 Å². The molecule has 1 saturated carbocycles. The van der Waals surface area contributed by atoms with Crippen LogP contribution in [0.2, 0.25) is 0 Å². The van der Waals surface area contributed by atoms with Crippen LogP contribution in [0.1, 0.15) is 49.9 Å². The van der Waals surface area contributed by atoms with Gasteiger partial charge >= 0.3 is 0 Å². The average Bonchev–Trinajstić information content (AvgIpc) is 2.87. The third-order valence-corrected chi connectivity index (χ3v) is 4.25. The van der Waals surface area contributed by atoms with Crippen molar-refractivity contribution < 1.29 is 13.5 Å². The molecule has 1 aromatic carbocycles. The minimum atomic E-state index is -1.20. The Morgan fingerprint density at radius 1 is 1.37 bits per heavy atom. The predicted octanol–water partition coefficient (Wildman–Crippen LogP) is 3.64. The van der Waals surface area contributed by atoms with E-state index >= 15 is 0 Å². The van der Waals surface area contributed by atoms with Crippen LogP contribution in [0.25, 0.3) is 0 Å². The van der Waals surface area contributed by atoms with Crippen molar-refractivity contribution in [2.75, 3.05) is 13.7 Å². The molecule has 1 unspecified atom stereocenters. The molecule has 1 aliphatic rings. The molecule has 1 aromatic rings. The topological polar surface area (TPSA) is 35.2 Å². The lowest BCUT2D eigenvalue weighted by Crippen LogP contribution is -2.32. The molecule has 4 heteroatoms. The van der Waals surface area contributed by atoms with Crippen LogP contribution in [0, 0.1) is 5.82 Å². The first kappa shape index (κ1) is 14.3.